The molecule has 1 aliphatic carbocycles. The van der Waals surface area contributed by atoms with Crippen LogP contribution in [0.2, 0.25) is 0 Å². The zero-order chi connectivity index (χ0) is 32.3. The van der Waals surface area contributed by atoms with Crippen molar-refractivity contribution in [3.05, 3.63) is 53.9 Å². The first kappa shape index (κ1) is 33.3. The number of aromatic nitrogens is 2. The van der Waals surface area contributed by atoms with Crippen LogP contribution in [0.15, 0.2) is 36.7 Å². The number of imidazole rings is 1. The zero-order valence-corrected chi connectivity index (χ0v) is 28.2. The largest absolute Gasteiger partial charge is 0.368 e. The number of carbonyl (C=O) groups excluding carboxylic acids is 1. The van der Waals surface area contributed by atoms with Crippen molar-refractivity contribution in [1.82, 2.24) is 23.9 Å². The third-order valence-corrected chi connectivity index (χ3v) is 11.2. The molecule has 246 valence electrons. The van der Waals surface area contributed by atoms with Crippen LogP contribution in [0.4, 0.5) is 10.1 Å². The van der Waals surface area contributed by atoms with E-state index in [0.717, 1.165) is 87.4 Å². The van der Waals surface area contributed by atoms with Gasteiger partial charge in [0.25, 0.3) is 5.91 Å². The number of anilines is 1. The first-order chi connectivity index (χ1) is 21.5. The SMILES string of the molecule is CCN(C(=O)c1cc(F)ccc1-c1cc(N2CCN(CCC3CCC(NS(=O)(=O)CC)CC3)CC2)cn2c(C)ncc12)C(C)C. The van der Waals surface area contributed by atoms with E-state index in [0.29, 0.717) is 23.6 Å². The first-order valence-corrected chi connectivity index (χ1v) is 18.2. The number of rotatable bonds is 11. The molecule has 1 saturated carbocycles. The summed E-state index contributed by atoms with van der Waals surface area (Å²) < 4.78 is 43.3. The molecule has 1 aromatic carbocycles. The van der Waals surface area contributed by atoms with Gasteiger partial charge in [0.15, 0.2) is 0 Å². The van der Waals surface area contributed by atoms with Gasteiger partial charge < -0.3 is 14.2 Å². The second-order valence-electron chi connectivity index (χ2n) is 12.9. The van der Waals surface area contributed by atoms with Gasteiger partial charge in [-0.05, 0) is 103 Å². The summed E-state index contributed by atoms with van der Waals surface area (Å²) in [6.45, 7) is 14.8. The van der Waals surface area contributed by atoms with Crippen LogP contribution < -0.4 is 9.62 Å². The standard InChI is InChI=1S/C34H49FN6O3S/c1-6-40(24(3)4)34(42)32-20-27(35)10-13-30(32)31-21-29(23-41-25(5)36-22-33(31)41)39-18-16-38(17-19-39)15-14-26-8-11-28(12-9-26)37-45(43,44)7-2/h10,13,20-24,26,28,37H,6-9,11-12,14-19H2,1-5H3. The molecule has 2 fully saturated rings. The highest BCUT2D eigenvalue weighted by molar-refractivity contribution is 7.89. The van der Waals surface area contributed by atoms with Gasteiger partial charge in [-0.3, -0.25) is 9.69 Å². The van der Waals surface area contributed by atoms with Gasteiger partial charge in [-0.25, -0.2) is 22.5 Å². The first-order valence-electron chi connectivity index (χ1n) is 16.6. The quantitative estimate of drug-likeness (QED) is 0.305. The van der Waals surface area contributed by atoms with Crippen molar-refractivity contribution in [1.29, 1.82) is 0 Å². The maximum atomic E-state index is 14.6. The van der Waals surface area contributed by atoms with Gasteiger partial charge in [-0.2, -0.15) is 0 Å². The number of fused-ring (bicyclic) bond motifs is 1. The van der Waals surface area contributed by atoms with Crippen LogP contribution in [0.3, 0.4) is 0 Å². The summed E-state index contributed by atoms with van der Waals surface area (Å²) in [7, 11) is -3.14. The molecule has 3 heterocycles. The molecular weight excluding hydrogens is 591 g/mol. The number of halogens is 1. The lowest BCUT2D eigenvalue weighted by molar-refractivity contribution is 0.0717. The van der Waals surface area contributed by atoms with Gasteiger partial charge in [0, 0.05) is 56.6 Å². The fourth-order valence-electron chi connectivity index (χ4n) is 6.92. The van der Waals surface area contributed by atoms with Crippen LogP contribution in [-0.4, -0.2) is 90.6 Å². The van der Waals surface area contributed by atoms with Crippen molar-refractivity contribution in [2.75, 3.05) is 49.9 Å². The van der Waals surface area contributed by atoms with Gasteiger partial charge in [-0.15, -0.1) is 0 Å². The highest BCUT2D eigenvalue weighted by Crippen LogP contribution is 2.34. The third kappa shape index (κ3) is 7.69. The number of nitrogens with zero attached hydrogens (tertiary/aromatic N) is 5. The Labute approximate surface area is 267 Å². The number of pyridine rings is 1. The monoisotopic (exact) mass is 640 g/mol. The second-order valence-corrected chi connectivity index (χ2v) is 14.9. The molecule has 1 aliphatic heterocycles. The number of carbonyl (C=O) groups is 1. The summed E-state index contributed by atoms with van der Waals surface area (Å²) in [5, 5.41) is 0. The smallest absolute Gasteiger partial charge is 0.254 e. The van der Waals surface area contributed by atoms with Gasteiger partial charge >= 0.3 is 0 Å². The molecule has 2 aromatic heterocycles. The summed E-state index contributed by atoms with van der Waals surface area (Å²) in [5.41, 5.74) is 3.90. The predicted octanol–water partition coefficient (Wildman–Crippen LogP) is 5.33. The average Bonchev–Trinajstić information content (AvgIpc) is 3.41. The van der Waals surface area contributed by atoms with E-state index in [4.69, 9.17) is 0 Å². The second kappa shape index (κ2) is 14.2. The van der Waals surface area contributed by atoms with Crippen molar-refractivity contribution in [2.24, 2.45) is 5.92 Å². The molecule has 0 bridgehead atoms. The van der Waals surface area contributed by atoms with Crippen LogP contribution in [0.1, 0.15) is 76.0 Å². The number of benzene rings is 1. The lowest BCUT2D eigenvalue weighted by atomic mass is 9.84. The van der Waals surface area contributed by atoms with Crippen LogP contribution >= 0.6 is 0 Å². The van der Waals surface area contributed by atoms with Crippen molar-refractivity contribution in [3.8, 4) is 11.1 Å². The Balaban J connectivity index is 1.28. The zero-order valence-electron chi connectivity index (χ0n) is 27.4. The van der Waals surface area contributed by atoms with Crippen molar-refractivity contribution >= 4 is 27.1 Å². The lowest BCUT2D eigenvalue weighted by Crippen LogP contribution is -2.47. The maximum absolute atomic E-state index is 14.6. The maximum Gasteiger partial charge on any atom is 0.254 e. The Morgan fingerprint density at radius 2 is 1.78 bits per heavy atom. The number of sulfonamides is 1. The predicted molar refractivity (Wildman–Crippen MR) is 179 cm³/mol. The van der Waals surface area contributed by atoms with E-state index < -0.39 is 15.8 Å². The Hall–Kier alpha value is -3.02. The molecule has 3 aromatic rings. The molecule has 0 radical (unpaired) electrons. The molecule has 0 atom stereocenters. The highest BCUT2D eigenvalue weighted by Gasteiger charge is 2.27. The van der Waals surface area contributed by atoms with Crippen molar-refractivity contribution < 1.29 is 17.6 Å². The number of hydrogen-bond acceptors (Lipinski definition) is 6. The molecule has 0 unspecified atom stereocenters. The minimum Gasteiger partial charge on any atom is -0.368 e. The summed E-state index contributed by atoms with van der Waals surface area (Å²) in [6, 6.07) is 6.73. The van der Waals surface area contributed by atoms with E-state index in [1.54, 1.807) is 17.9 Å². The Morgan fingerprint density at radius 3 is 2.42 bits per heavy atom. The van der Waals surface area contributed by atoms with E-state index in [9.17, 15) is 17.6 Å². The summed E-state index contributed by atoms with van der Waals surface area (Å²) >= 11 is 0. The number of amides is 1. The third-order valence-electron chi connectivity index (χ3n) is 9.70. The minimum absolute atomic E-state index is 0.00451. The van der Waals surface area contributed by atoms with Crippen LogP contribution in [0.5, 0.6) is 0 Å². The Kier molecular flexibility index (Phi) is 10.5. The van der Waals surface area contributed by atoms with Crippen LogP contribution in [0.25, 0.3) is 16.6 Å². The van der Waals surface area contributed by atoms with Crippen LogP contribution in [-0.2, 0) is 10.0 Å². The number of piperazine rings is 1. The van der Waals surface area contributed by atoms with Gasteiger partial charge in [0.2, 0.25) is 10.0 Å². The highest BCUT2D eigenvalue weighted by atomic mass is 32.2. The number of hydrogen-bond donors (Lipinski definition) is 1. The Bertz CT molecular complexity index is 1590. The lowest BCUT2D eigenvalue weighted by Gasteiger charge is -2.37. The van der Waals surface area contributed by atoms with Gasteiger partial charge in [0.05, 0.1) is 28.7 Å². The molecule has 1 saturated heterocycles. The molecule has 5 rings (SSSR count). The van der Waals surface area contributed by atoms with Gasteiger partial charge in [-0.1, -0.05) is 6.07 Å². The molecule has 9 nitrogen and oxygen atoms in total. The average molecular weight is 641 g/mol. The minimum atomic E-state index is -3.14. The fraction of sp³-hybridized carbons (Fsp3) is 0.588. The van der Waals surface area contributed by atoms with E-state index in [-0.39, 0.29) is 23.7 Å². The molecule has 0 spiro atoms. The van der Waals surface area contributed by atoms with Crippen molar-refractivity contribution in [2.45, 2.75) is 78.8 Å². The van der Waals surface area contributed by atoms with E-state index in [1.807, 2.05) is 33.9 Å². The van der Waals surface area contributed by atoms with Crippen molar-refractivity contribution in [3.63, 3.8) is 0 Å². The summed E-state index contributed by atoms with van der Waals surface area (Å²) in [6.07, 6.45) is 9.09. The topological polar surface area (TPSA) is 90.3 Å². The van der Waals surface area contributed by atoms with Crippen LogP contribution in [0, 0.1) is 18.7 Å². The number of nitrogens with one attached hydrogen (secondary N) is 1. The molecule has 1 amide bonds. The van der Waals surface area contributed by atoms with E-state index >= 15 is 0 Å². The molecular formula is C34H49FN6O3S. The number of aryl methyl sites for hydroxylation is 1. The van der Waals surface area contributed by atoms with E-state index in [1.165, 1.54) is 12.1 Å². The normalized spacial score (nSPS) is 19.8. The fourth-order valence-corrected chi connectivity index (χ4v) is 7.83. The molecule has 11 heteroatoms. The Morgan fingerprint density at radius 1 is 1.07 bits per heavy atom. The van der Waals surface area contributed by atoms with Gasteiger partial charge in [0.1, 0.15) is 11.6 Å². The molecule has 45 heavy (non-hydrogen) atoms. The molecule has 1 N–H and O–H groups in total. The summed E-state index contributed by atoms with van der Waals surface area (Å²) in [4.78, 5) is 24.9. The summed E-state index contributed by atoms with van der Waals surface area (Å²) in [5.74, 6) is 1.04. The van der Waals surface area contributed by atoms with E-state index in [2.05, 4.69) is 36.2 Å². The molecule has 2 aliphatic rings.